The van der Waals surface area contributed by atoms with Crippen LogP contribution >= 0.6 is 0 Å². The normalized spacial score (nSPS) is 9.92. The summed E-state index contributed by atoms with van der Waals surface area (Å²) in [4.78, 5) is 19.0. The fraction of sp³-hybridized carbons (Fsp3) is 0.100. The fourth-order valence-electron chi connectivity index (χ4n) is 2.37. The van der Waals surface area contributed by atoms with Crippen molar-refractivity contribution in [2.24, 2.45) is 0 Å². The maximum atomic E-state index is 10.1. The van der Waals surface area contributed by atoms with Crippen LogP contribution in [0, 0.1) is 20.2 Å². The second-order valence-corrected chi connectivity index (χ2v) is 5.57. The molecule has 0 bridgehead atoms. The molecule has 0 N–H and O–H groups in total. The van der Waals surface area contributed by atoms with E-state index in [4.69, 9.17) is 0 Å². The lowest BCUT2D eigenvalue weighted by Crippen LogP contribution is -1.94. The minimum Gasteiger partial charge on any atom is -0.258 e. The first kappa shape index (κ1) is 18.8. The number of nitro groups is 2. The van der Waals surface area contributed by atoms with Crippen molar-refractivity contribution in [1.29, 1.82) is 0 Å². The molecule has 0 radical (unpaired) electrons. The first-order valence-corrected chi connectivity index (χ1v) is 7.97. The van der Waals surface area contributed by atoms with Crippen LogP contribution in [0.5, 0.6) is 0 Å². The lowest BCUT2D eigenvalue weighted by Gasteiger charge is -2.11. The SMILES string of the molecule is CC(c1ccccc1)c1ccccc1.O=[N+]([O-])c1ccc([N+](=O)[O-])cc1. The minimum atomic E-state index is -0.607. The summed E-state index contributed by atoms with van der Waals surface area (Å²) in [5, 5.41) is 20.2. The maximum Gasteiger partial charge on any atom is 0.269 e. The molecular weight excluding hydrogens is 332 g/mol. The Morgan fingerprint density at radius 1 is 0.615 bits per heavy atom. The number of nitrogens with zero attached hydrogens (tertiary/aromatic N) is 2. The van der Waals surface area contributed by atoms with E-state index in [1.165, 1.54) is 11.1 Å². The van der Waals surface area contributed by atoms with Gasteiger partial charge < -0.3 is 0 Å². The minimum absolute atomic E-state index is 0.152. The van der Waals surface area contributed by atoms with Crippen LogP contribution in [-0.4, -0.2) is 9.85 Å². The van der Waals surface area contributed by atoms with Gasteiger partial charge in [0.2, 0.25) is 0 Å². The highest BCUT2D eigenvalue weighted by atomic mass is 16.6. The molecule has 0 aromatic heterocycles. The summed E-state index contributed by atoms with van der Waals surface area (Å²) >= 11 is 0. The van der Waals surface area contributed by atoms with Gasteiger partial charge in [0.1, 0.15) is 0 Å². The second kappa shape index (κ2) is 9.08. The molecule has 3 aromatic carbocycles. The summed E-state index contributed by atoms with van der Waals surface area (Å²) < 4.78 is 0. The molecule has 0 spiro atoms. The van der Waals surface area contributed by atoms with E-state index in [0.717, 1.165) is 24.3 Å². The molecule has 0 fully saturated rings. The van der Waals surface area contributed by atoms with Gasteiger partial charge in [0, 0.05) is 30.2 Å². The van der Waals surface area contributed by atoms with E-state index < -0.39 is 9.85 Å². The van der Waals surface area contributed by atoms with Crippen molar-refractivity contribution in [3.63, 3.8) is 0 Å². The van der Waals surface area contributed by atoms with Gasteiger partial charge in [0.25, 0.3) is 11.4 Å². The summed E-state index contributed by atoms with van der Waals surface area (Å²) in [7, 11) is 0. The number of rotatable bonds is 4. The van der Waals surface area contributed by atoms with Crippen LogP contribution in [0.3, 0.4) is 0 Å². The molecule has 0 amide bonds. The maximum absolute atomic E-state index is 10.1. The van der Waals surface area contributed by atoms with Crippen molar-refractivity contribution in [2.75, 3.05) is 0 Å². The number of hydrogen-bond donors (Lipinski definition) is 0. The van der Waals surface area contributed by atoms with Crippen LogP contribution in [0.4, 0.5) is 11.4 Å². The summed E-state index contributed by atoms with van der Waals surface area (Å²) in [5.74, 6) is 0.484. The zero-order valence-corrected chi connectivity index (χ0v) is 14.2. The third kappa shape index (κ3) is 5.24. The van der Waals surface area contributed by atoms with Crippen molar-refractivity contribution < 1.29 is 9.85 Å². The van der Waals surface area contributed by atoms with Gasteiger partial charge in [0.05, 0.1) is 9.85 Å². The quantitative estimate of drug-likeness (QED) is 0.469. The number of nitro benzene ring substituents is 2. The van der Waals surface area contributed by atoms with Crippen LogP contribution in [-0.2, 0) is 0 Å². The number of non-ortho nitro benzene ring substituents is 2. The van der Waals surface area contributed by atoms with Gasteiger partial charge in [-0.25, -0.2) is 0 Å². The Morgan fingerprint density at radius 3 is 1.19 bits per heavy atom. The molecular formula is C20H18N2O4. The van der Waals surface area contributed by atoms with Gasteiger partial charge in [-0.05, 0) is 11.1 Å². The van der Waals surface area contributed by atoms with E-state index in [-0.39, 0.29) is 11.4 Å². The van der Waals surface area contributed by atoms with E-state index in [1.807, 2.05) is 0 Å². The monoisotopic (exact) mass is 350 g/mol. The lowest BCUT2D eigenvalue weighted by atomic mass is 9.93. The van der Waals surface area contributed by atoms with Crippen LogP contribution in [0.25, 0.3) is 0 Å². The molecule has 6 heteroatoms. The molecule has 6 nitrogen and oxygen atoms in total. The summed E-state index contributed by atoms with van der Waals surface area (Å²) in [6.45, 7) is 2.24. The number of benzene rings is 3. The van der Waals surface area contributed by atoms with Crippen LogP contribution < -0.4 is 0 Å². The molecule has 0 saturated carbocycles. The van der Waals surface area contributed by atoms with E-state index in [1.54, 1.807) is 0 Å². The molecule has 0 aliphatic rings. The van der Waals surface area contributed by atoms with Gasteiger partial charge >= 0.3 is 0 Å². The predicted octanol–water partition coefficient (Wildman–Crippen LogP) is 5.34. The van der Waals surface area contributed by atoms with Crippen LogP contribution in [0.2, 0.25) is 0 Å². The van der Waals surface area contributed by atoms with Crippen molar-refractivity contribution >= 4 is 11.4 Å². The third-order valence-electron chi connectivity index (χ3n) is 3.87. The molecule has 3 aromatic rings. The first-order chi connectivity index (χ1) is 12.5. The molecule has 3 rings (SSSR count). The average molecular weight is 350 g/mol. The molecule has 0 aliphatic heterocycles. The molecule has 0 saturated heterocycles. The highest BCUT2D eigenvalue weighted by Gasteiger charge is 2.09. The van der Waals surface area contributed by atoms with Crippen LogP contribution in [0.15, 0.2) is 84.9 Å². The van der Waals surface area contributed by atoms with Crippen molar-refractivity contribution in [1.82, 2.24) is 0 Å². The first-order valence-electron chi connectivity index (χ1n) is 7.97. The highest BCUT2D eigenvalue weighted by molar-refractivity contribution is 5.39. The summed E-state index contributed by atoms with van der Waals surface area (Å²) in [6.07, 6.45) is 0. The topological polar surface area (TPSA) is 86.3 Å². The average Bonchev–Trinajstić information content (AvgIpc) is 2.69. The fourth-order valence-corrected chi connectivity index (χ4v) is 2.37. The molecule has 0 atom stereocenters. The van der Waals surface area contributed by atoms with Gasteiger partial charge in [-0.15, -0.1) is 0 Å². The van der Waals surface area contributed by atoms with Crippen molar-refractivity contribution in [3.05, 3.63) is 116 Å². The smallest absolute Gasteiger partial charge is 0.258 e. The molecule has 26 heavy (non-hydrogen) atoms. The van der Waals surface area contributed by atoms with Gasteiger partial charge in [-0.3, -0.25) is 20.2 Å². The Morgan fingerprint density at radius 2 is 0.923 bits per heavy atom. The van der Waals surface area contributed by atoms with E-state index in [0.29, 0.717) is 5.92 Å². The highest BCUT2D eigenvalue weighted by Crippen LogP contribution is 2.23. The van der Waals surface area contributed by atoms with Crippen LogP contribution in [0.1, 0.15) is 24.0 Å². The second-order valence-electron chi connectivity index (χ2n) is 5.57. The molecule has 0 unspecified atom stereocenters. The largest absolute Gasteiger partial charge is 0.269 e. The lowest BCUT2D eigenvalue weighted by molar-refractivity contribution is -0.389. The standard InChI is InChI=1S/C14H14.C6H4N2O4/c1-12(13-8-4-2-5-9-13)14-10-6-3-7-11-14;9-7(10)5-1-2-6(4-3-5)8(11)12/h2-12H,1H3;1-4H. The third-order valence-corrected chi connectivity index (χ3v) is 3.87. The zero-order valence-electron chi connectivity index (χ0n) is 14.2. The molecule has 0 heterocycles. The van der Waals surface area contributed by atoms with Crippen molar-refractivity contribution in [3.8, 4) is 0 Å². The number of hydrogen-bond acceptors (Lipinski definition) is 4. The molecule has 132 valence electrons. The van der Waals surface area contributed by atoms with Gasteiger partial charge in [-0.1, -0.05) is 67.6 Å². The Bertz CT molecular complexity index is 777. The Hall–Kier alpha value is -3.54. The van der Waals surface area contributed by atoms with E-state index in [9.17, 15) is 20.2 Å². The predicted molar refractivity (Wildman–Crippen MR) is 100 cm³/mol. The van der Waals surface area contributed by atoms with Gasteiger partial charge in [-0.2, -0.15) is 0 Å². The Balaban J connectivity index is 0.000000190. The Kier molecular flexibility index (Phi) is 6.56. The Labute approximate surface area is 151 Å². The summed E-state index contributed by atoms with van der Waals surface area (Å²) in [5.41, 5.74) is 2.44. The van der Waals surface area contributed by atoms with Gasteiger partial charge in [0.15, 0.2) is 0 Å². The van der Waals surface area contributed by atoms with E-state index >= 15 is 0 Å². The van der Waals surface area contributed by atoms with E-state index in [2.05, 4.69) is 67.6 Å². The molecule has 0 aliphatic carbocycles. The zero-order chi connectivity index (χ0) is 18.9. The summed E-state index contributed by atoms with van der Waals surface area (Å²) in [6, 6.07) is 25.6. The van der Waals surface area contributed by atoms with Crippen molar-refractivity contribution in [2.45, 2.75) is 12.8 Å².